The Balaban J connectivity index is 1.39. The molecular formula is C20H23N5O5S. The summed E-state index contributed by atoms with van der Waals surface area (Å²) in [6.07, 6.45) is 1.74. The standard InChI is InChI=1S/C20H23N5O5S/c1-20(15-6-7-15)18(27)25(19(28)22-20)13-17(26)23-8-10-24(11-9-23)31(29,30)16-5-3-2-4-14(16)12-21/h2-5,15H,6-11,13H2,1H3,(H,22,28). The number of hydrogen-bond donors (Lipinski definition) is 1. The number of nitrogens with zero attached hydrogens (tertiary/aromatic N) is 4. The van der Waals surface area contributed by atoms with Gasteiger partial charge in [0.25, 0.3) is 5.91 Å². The molecule has 10 nitrogen and oxygen atoms in total. The Morgan fingerprint density at radius 1 is 1.19 bits per heavy atom. The number of sulfonamides is 1. The Labute approximate surface area is 180 Å². The molecule has 1 saturated carbocycles. The van der Waals surface area contributed by atoms with Crippen molar-refractivity contribution in [1.29, 1.82) is 5.26 Å². The van der Waals surface area contributed by atoms with Crippen LogP contribution in [0.15, 0.2) is 29.2 Å². The van der Waals surface area contributed by atoms with E-state index in [1.165, 1.54) is 21.3 Å². The van der Waals surface area contributed by atoms with Crippen molar-refractivity contribution >= 4 is 27.9 Å². The van der Waals surface area contributed by atoms with Gasteiger partial charge in [-0.25, -0.2) is 13.2 Å². The lowest BCUT2D eigenvalue weighted by molar-refractivity contribution is -0.139. The zero-order chi connectivity index (χ0) is 22.4. The van der Waals surface area contributed by atoms with Crippen molar-refractivity contribution in [2.75, 3.05) is 32.7 Å². The second-order valence-corrected chi connectivity index (χ2v) is 10.1. The van der Waals surface area contributed by atoms with E-state index in [9.17, 15) is 28.1 Å². The fourth-order valence-corrected chi connectivity index (χ4v) is 5.70. The molecule has 0 radical (unpaired) electrons. The molecular weight excluding hydrogens is 422 g/mol. The van der Waals surface area contributed by atoms with E-state index in [2.05, 4.69) is 5.32 Å². The van der Waals surface area contributed by atoms with Crippen molar-refractivity contribution in [3.05, 3.63) is 29.8 Å². The van der Waals surface area contributed by atoms with Gasteiger partial charge in [0.2, 0.25) is 15.9 Å². The highest BCUT2D eigenvalue weighted by Crippen LogP contribution is 2.42. The minimum atomic E-state index is -3.87. The highest BCUT2D eigenvalue weighted by Gasteiger charge is 2.56. The summed E-state index contributed by atoms with van der Waals surface area (Å²) in [7, 11) is -3.87. The summed E-state index contributed by atoms with van der Waals surface area (Å²) in [5, 5.41) is 11.9. The number of benzene rings is 1. The van der Waals surface area contributed by atoms with Crippen LogP contribution in [0.25, 0.3) is 0 Å². The van der Waals surface area contributed by atoms with E-state index < -0.39 is 27.5 Å². The zero-order valence-electron chi connectivity index (χ0n) is 17.1. The molecule has 1 N–H and O–H groups in total. The summed E-state index contributed by atoms with van der Waals surface area (Å²) in [4.78, 5) is 40.0. The smallest absolute Gasteiger partial charge is 0.325 e. The molecule has 0 spiro atoms. The van der Waals surface area contributed by atoms with Gasteiger partial charge in [-0.05, 0) is 37.8 Å². The summed E-state index contributed by atoms with van der Waals surface area (Å²) in [6, 6.07) is 7.31. The quantitative estimate of drug-likeness (QED) is 0.640. The van der Waals surface area contributed by atoms with Gasteiger partial charge in [-0.3, -0.25) is 14.5 Å². The number of nitrogens with one attached hydrogen (secondary N) is 1. The van der Waals surface area contributed by atoms with Gasteiger partial charge in [0.15, 0.2) is 0 Å². The van der Waals surface area contributed by atoms with Crippen LogP contribution in [0, 0.1) is 17.2 Å². The number of amides is 4. The average Bonchev–Trinajstić information content (AvgIpc) is 3.59. The zero-order valence-corrected chi connectivity index (χ0v) is 17.9. The lowest BCUT2D eigenvalue weighted by atomic mass is 9.96. The molecule has 4 rings (SSSR count). The van der Waals surface area contributed by atoms with Crippen LogP contribution in [-0.4, -0.2) is 78.6 Å². The number of carbonyl (C=O) groups excluding carboxylic acids is 3. The monoisotopic (exact) mass is 445 g/mol. The van der Waals surface area contributed by atoms with Crippen LogP contribution in [-0.2, 0) is 19.6 Å². The molecule has 1 aromatic carbocycles. The summed E-state index contributed by atoms with van der Waals surface area (Å²) in [5.41, 5.74) is -0.878. The predicted octanol–water partition coefficient (Wildman–Crippen LogP) is 0.112. The molecule has 1 unspecified atom stereocenters. The van der Waals surface area contributed by atoms with Crippen molar-refractivity contribution in [2.45, 2.75) is 30.2 Å². The minimum absolute atomic E-state index is 0.0593. The second kappa shape index (κ2) is 7.62. The average molecular weight is 446 g/mol. The van der Waals surface area contributed by atoms with Gasteiger partial charge in [-0.15, -0.1) is 0 Å². The largest absolute Gasteiger partial charge is 0.338 e. The Bertz CT molecular complexity index is 1090. The normalized spacial score (nSPS) is 24.8. The molecule has 3 aliphatic rings. The Kier molecular flexibility index (Phi) is 5.23. The lowest BCUT2D eigenvalue weighted by Crippen LogP contribution is -2.53. The molecule has 1 atom stereocenters. The van der Waals surface area contributed by atoms with Gasteiger partial charge in [0, 0.05) is 26.2 Å². The van der Waals surface area contributed by atoms with Gasteiger partial charge in [0.1, 0.15) is 18.2 Å². The first-order valence-corrected chi connectivity index (χ1v) is 11.5. The molecule has 11 heteroatoms. The van der Waals surface area contributed by atoms with E-state index in [1.807, 2.05) is 6.07 Å². The SMILES string of the molecule is CC1(C2CC2)NC(=O)N(CC(=O)N2CCN(S(=O)(=O)c3ccccc3C#N)CC2)C1=O. The molecule has 4 amide bonds. The van der Waals surface area contributed by atoms with Crippen LogP contribution in [0.2, 0.25) is 0 Å². The third-order valence-electron chi connectivity index (χ3n) is 6.21. The first-order valence-electron chi connectivity index (χ1n) is 10.1. The van der Waals surface area contributed by atoms with E-state index in [1.54, 1.807) is 19.1 Å². The maximum atomic E-state index is 12.9. The van der Waals surface area contributed by atoms with Crippen molar-refractivity contribution < 1.29 is 22.8 Å². The van der Waals surface area contributed by atoms with Gasteiger partial charge in [0.05, 0.1) is 10.5 Å². The van der Waals surface area contributed by atoms with E-state index in [0.717, 1.165) is 17.7 Å². The molecule has 31 heavy (non-hydrogen) atoms. The molecule has 0 bridgehead atoms. The molecule has 1 aromatic rings. The van der Waals surface area contributed by atoms with E-state index in [4.69, 9.17) is 0 Å². The van der Waals surface area contributed by atoms with Crippen LogP contribution in [0.3, 0.4) is 0 Å². The summed E-state index contributed by atoms with van der Waals surface area (Å²) >= 11 is 0. The molecule has 2 heterocycles. The van der Waals surface area contributed by atoms with E-state index in [-0.39, 0.29) is 55.0 Å². The number of hydrogen-bond acceptors (Lipinski definition) is 6. The molecule has 2 aliphatic heterocycles. The molecule has 3 fully saturated rings. The number of piperazine rings is 1. The molecule has 164 valence electrons. The van der Waals surface area contributed by atoms with Crippen LogP contribution in [0.5, 0.6) is 0 Å². The third kappa shape index (κ3) is 3.66. The van der Waals surface area contributed by atoms with Crippen LogP contribution >= 0.6 is 0 Å². The topological polar surface area (TPSA) is 131 Å². The van der Waals surface area contributed by atoms with Crippen LogP contribution in [0.4, 0.5) is 4.79 Å². The van der Waals surface area contributed by atoms with E-state index in [0.29, 0.717) is 0 Å². The molecule has 0 aromatic heterocycles. The molecule has 2 saturated heterocycles. The van der Waals surface area contributed by atoms with Crippen molar-refractivity contribution in [1.82, 2.24) is 19.4 Å². The summed E-state index contributed by atoms with van der Waals surface area (Å²) in [6.45, 7) is 1.73. The maximum Gasteiger partial charge on any atom is 0.325 e. The maximum absolute atomic E-state index is 12.9. The number of nitriles is 1. The van der Waals surface area contributed by atoms with Crippen LogP contribution in [0.1, 0.15) is 25.3 Å². The summed E-state index contributed by atoms with van der Waals surface area (Å²) in [5.74, 6) is -0.685. The van der Waals surface area contributed by atoms with Crippen LogP contribution < -0.4 is 5.32 Å². The van der Waals surface area contributed by atoms with Gasteiger partial charge in [-0.2, -0.15) is 9.57 Å². The van der Waals surface area contributed by atoms with Crippen molar-refractivity contribution in [3.8, 4) is 6.07 Å². The summed E-state index contributed by atoms with van der Waals surface area (Å²) < 4.78 is 27.1. The minimum Gasteiger partial charge on any atom is -0.338 e. The van der Waals surface area contributed by atoms with Gasteiger partial charge >= 0.3 is 6.03 Å². The van der Waals surface area contributed by atoms with Gasteiger partial charge in [-0.1, -0.05) is 12.1 Å². The van der Waals surface area contributed by atoms with Gasteiger partial charge < -0.3 is 10.2 Å². The Hall–Kier alpha value is -2.97. The van der Waals surface area contributed by atoms with Crippen molar-refractivity contribution in [3.63, 3.8) is 0 Å². The Morgan fingerprint density at radius 3 is 2.45 bits per heavy atom. The second-order valence-electron chi connectivity index (χ2n) is 8.19. The first kappa shape index (κ1) is 21.3. The number of carbonyl (C=O) groups is 3. The fourth-order valence-electron chi connectivity index (χ4n) is 4.13. The number of urea groups is 1. The van der Waals surface area contributed by atoms with E-state index >= 15 is 0 Å². The fraction of sp³-hybridized carbons (Fsp3) is 0.500. The first-order chi connectivity index (χ1) is 14.7. The van der Waals surface area contributed by atoms with Crippen molar-refractivity contribution in [2.24, 2.45) is 5.92 Å². The number of imide groups is 1. The lowest BCUT2D eigenvalue weighted by Gasteiger charge is -2.34. The molecule has 1 aliphatic carbocycles. The highest BCUT2D eigenvalue weighted by molar-refractivity contribution is 7.89. The number of rotatable bonds is 5. The third-order valence-corrected chi connectivity index (χ3v) is 8.16. The Morgan fingerprint density at radius 2 is 1.84 bits per heavy atom. The highest BCUT2D eigenvalue weighted by atomic mass is 32.2. The predicted molar refractivity (Wildman–Crippen MR) is 108 cm³/mol.